The van der Waals surface area contributed by atoms with Crippen LogP contribution in [0.2, 0.25) is 0 Å². The molecular formula is C17H28O3. The van der Waals surface area contributed by atoms with Crippen LogP contribution in [-0.2, 0) is 14.3 Å². The van der Waals surface area contributed by atoms with Gasteiger partial charge in [0.2, 0.25) is 0 Å². The molecule has 1 unspecified atom stereocenters. The predicted molar refractivity (Wildman–Crippen MR) is 79.5 cm³/mol. The largest absolute Gasteiger partial charge is 0.449 e. The van der Waals surface area contributed by atoms with Crippen molar-refractivity contribution in [2.45, 2.75) is 83.5 Å². The van der Waals surface area contributed by atoms with Crippen LogP contribution < -0.4 is 0 Å². The topological polar surface area (TPSA) is 38.8 Å². The Labute approximate surface area is 122 Å². The first kappa shape index (κ1) is 15.6. The summed E-state index contributed by atoms with van der Waals surface area (Å²) in [6.07, 6.45) is 10.1. The van der Waals surface area contributed by atoms with Crippen LogP contribution in [0.25, 0.3) is 0 Å². The molecule has 0 aromatic heterocycles. The van der Waals surface area contributed by atoms with Crippen molar-refractivity contribution in [3.05, 3.63) is 12.2 Å². The maximum absolute atomic E-state index is 11.4. The maximum Gasteiger partial charge on any atom is 0.331 e. The summed E-state index contributed by atoms with van der Waals surface area (Å²) in [6.45, 7) is 8.77. The highest BCUT2D eigenvalue weighted by atomic mass is 16.7. The maximum atomic E-state index is 11.4. The average molecular weight is 280 g/mol. The number of hydrogen-bond donors (Lipinski definition) is 0. The standard InChI is InChI=1S/C17H28O3/c1-5-8-9-13(4)12-17(7-3)15(20-17)16(6-2)11-10-14(18)19-16/h10-11,13,15H,5-9,12H2,1-4H3/t13?,15-,16-,17-/m0/s1. The Bertz CT molecular complexity index is 390. The smallest absolute Gasteiger partial charge is 0.331 e. The van der Waals surface area contributed by atoms with Gasteiger partial charge in [-0.3, -0.25) is 0 Å². The van der Waals surface area contributed by atoms with Gasteiger partial charge in [0, 0.05) is 6.08 Å². The number of ether oxygens (including phenoxy) is 2. The molecule has 0 amide bonds. The zero-order valence-electron chi connectivity index (χ0n) is 13.3. The van der Waals surface area contributed by atoms with Crippen molar-refractivity contribution in [1.82, 2.24) is 0 Å². The van der Waals surface area contributed by atoms with Gasteiger partial charge in [-0.15, -0.1) is 0 Å². The Morgan fingerprint density at radius 1 is 1.30 bits per heavy atom. The zero-order chi connectivity index (χ0) is 14.8. The number of hydrogen-bond acceptors (Lipinski definition) is 3. The van der Waals surface area contributed by atoms with Gasteiger partial charge in [0.15, 0.2) is 5.60 Å². The van der Waals surface area contributed by atoms with E-state index in [1.54, 1.807) is 6.08 Å². The molecule has 114 valence electrons. The first-order valence-electron chi connectivity index (χ1n) is 8.12. The van der Waals surface area contributed by atoms with Crippen molar-refractivity contribution in [3.63, 3.8) is 0 Å². The van der Waals surface area contributed by atoms with Gasteiger partial charge in [0.05, 0.1) is 5.60 Å². The molecule has 0 saturated carbocycles. The molecule has 0 spiro atoms. The second-order valence-corrected chi connectivity index (χ2v) is 6.43. The molecule has 0 aromatic rings. The summed E-state index contributed by atoms with van der Waals surface area (Å²) < 4.78 is 11.7. The molecule has 0 bridgehead atoms. The summed E-state index contributed by atoms with van der Waals surface area (Å²) in [6, 6.07) is 0. The monoisotopic (exact) mass is 280 g/mol. The van der Waals surface area contributed by atoms with Crippen LogP contribution in [0.4, 0.5) is 0 Å². The highest BCUT2D eigenvalue weighted by Gasteiger charge is 2.66. The van der Waals surface area contributed by atoms with E-state index in [-0.39, 0.29) is 17.7 Å². The minimum atomic E-state index is -0.516. The molecule has 20 heavy (non-hydrogen) atoms. The number of esters is 1. The zero-order valence-corrected chi connectivity index (χ0v) is 13.3. The lowest BCUT2D eigenvalue weighted by atomic mass is 9.81. The van der Waals surface area contributed by atoms with Crippen molar-refractivity contribution >= 4 is 5.97 Å². The second-order valence-electron chi connectivity index (χ2n) is 6.43. The predicted octanol–water partition coefficient (Wildman–Crippen LogP) is 4.01. The molecule has 0 aromatic carbocycles. The average Bonchev–Trinajstić information content (AvgIpc) is 3.04. The number of epoxide rings is 1. The van der Waals surface area contributed by atoms with Crippen molar-refractivity contribution in [3.8, 4) is 0 Å². The van der Waals surface area contributed by atoms with Crippen LogP contribution in [0.1, 0.15) is 66.2 Å². The fraction of sp³-hybridized carbons (Fsp3) is 0.824. The van der Waals surface area contributed by atoms with E-state index in [2.05, 4.69) is 27.7 Å². The summed E-state index contributed by atoms with van der Waals surface area (Å²) >= 11 is 0. The van der Waals surface area contributed by atoms with Gasteiger partial charge < -0.3 is 9.47 Å². The van der Waals surface area contributed by atoms with Gasteiger partial charge >= 0.3 is 5.97 Å². The van der Waals surface area contributed by atoms with E-state index >= 15 is 0 Å². The Morgan fingerprint density at radius 2 is 2.05 bits per heavy atom. The van der Waals surface area contributed by atoms with Gasteiger partial charge in [-0.05, 0) is 31.3 Å². The van der Waals surface area contributed by atoms with E-state index in [9.17, 15) is 4.79 Å². The van der Waals surface area contributed by atoms with Crippen molar-refractivity contribution < 1.29 is 14.3 Å². The van der Waals surface area contributed by atoms with Crippen LogP contribution >= 0.6 is 0 Å². The van der Waals surface area contributed by atoms with E-state index in [1.165, 1.54) is 19.3 Å². The summed E-state index contributed by atoms with van der Waals surface area (Å²) in [5.41, 5.74) is -0.601. The summed E-state index contributed by atoms with van der Waals surface area (Å²) in [4.78, 5) is 11.4. The van der Waals surface area contributed by atoms with Gasteiger partial charge in [-0.1, -0.05) is 47.0 Å². The quantitative estimate of drug-likeness (QED) is 0.498. The number of cyclic esters (lactones) is 1. The fourth-order valence-corrected chi connectivity index (χ4v) is 3.54. The third-order valence-corrected chi connectivity index (χ3v) is 4.90. The second kappa shape index (κ2) is 5.88. The Morgan fingerprint density at radius 3 is 2.55 bits per heavy atom. The molecule has 0 aliphatic carbocycles. The van der Waals surface area contributed by atoms with Crippen molar-refractivity contribution in [2.24, 2.45) is 5.92 Å². The van der Waals surface area contributed by atoms with Crippen LogP contribution in [-0.4, -0.2) is 23.3 Å². The number of unbranched alkanes of at least 4 members (excludes halogenated alkanes) is 1. The lowest BCUT2D eigenvalue weighted by molar-refractivity contribution is -0.147. The highest BCUT2D eigenvalue weighted by Crippen LogP contribution is 2.53. The third kappa shape index (κ3) is 2.78. The molecule has 0 N–H and O–H groups in total. The molecule has 3 heteroatoms. The fourth-order valence-electron chi connectivity index (χ4n) is 3.54. The van der Waals surface area contributed by atoms with E-state index in [4.69, 9.17) is 9.47 Å². The minimum Gasteiger partial charge on any atom is -0.449 e. The van der Waals surface area contributed by atoms with E-state index in [0.29, 0.717) is 5.92 Å². The highest BCUT2D eigenvalue weighted by molar-refractivity contribution is 5.85. The SMILES string of the molecule is CCCCC(C)C[C@]1(CC)O[C@H]1[C@]1(CC)C=CC(=O)O1. The Hall–Kier alpha value is -0.830. The normalized spacial score (nSPS) is 37.0. The molecule has 4 atom stereocenters. The summed E-state index contributed by atoms with van der Waals surface area (Å²) in [5, 5.41) is 0. The van der Waals surface area contributed by atoms with E-state index in [0.717, 1.165) is 19.3 Å². The van der Waals surface area contributed by atoms with Crippen LogP contribution in [0, 0.1) is 5.92 Å². The van der Waals surface area contributed by atoms with Crippen LogP contribution in [0.5, 0.6) is 0 Å². The molecule has 2 heterocycles. The van der Waals surface area contributed by atoms with E-state index < -0.39 is 5.60 Å². The van der Waals surface area contributed by atoms with Crippen molar-refractivity contribution in [2.75, 3.05) is 0 Å². The Balaban J connectivity index is 2.01. The summed E-state index contributed by atoms with van der Waals surface area (Å²) in [5.74, 6) is 0.432. The molecule has 1 saturated heterocycles. The minimum absolute atomic E-state index is 0.0387. The van der Waals surface area contributed by atoms with E-state index in [1.807, 2.05) is 6.08 Å². The Kier molecular flexibility index (Phi) is 4.58. The molecular weight excluding hydrogens is 252 g/mol. The first-order chi connectivity index (χ1) is 9.52. The summed E-state index contributed by atoms with van der Waals surface area (Å²) in [7, 11) is 0. The molecule has 2 rings (SSSR count). The third-order valence-electron chi connectivity index (χ3n) is 4.90. The van der Waals surface area contributed by atoms with Gasteiger partial charge in [-0.25, -0.2) is 4.79 Å². The molecule has 2 aliphatic rings. The number of carbonyl (C=O) groups is 1. The van der Waals surface area contributed by atoms with Crippen molar-refractivity contribution in [1.29, 1.82) is 0 Å². The molecule has 1 fully saturated rings. The number of carbonyl (C=O) groups excluding carboxylic acids is 1. The lowest BCUT2D eigenvalue weighted by Crippen LogP contribution is -2.39. The van der Waals surface area contributed by atoms with Gasteiger partial charge in [0.1, 0.15) is 6.10 Å². The molecule has 3 nitrogen and oxygen atoms in total. The van der Waals surface area contributed by atoms with Crippen LogP contribution in [0.3, 0.4) is 0 Å². The van der Waals surface area contributed by atoms with Gasteiger partial charge in [-0.2, -0.15) is 0 Å². The van der Waals surface area contributed by atoms with Gasteiger partial charge in [0.25, 0.3) is 0 Å². The lowest BCUT2D eigenvalue weighted by Gasteiger charge is -2.26. The van der Waals surface area contributed by atoms with Crippen LogP contribution in [0.15, 0.2) is 12.2 Å². The number of rotatable bonds is 8. The molecule has 2 aliphatic heterocycles. The first-order valence-corrected chi connectivity index (χ1v) is 8.12. The molecule has 0 radical (unpaired) electrons.